The summed E-state index contributed by atoms with van der Waals surface area (Å²) in [6, 6.07) is 16.8. The maximum atomic E-state index is 4.53. The van der Waals surface area contributed by atoms with Crippen molar-refractivity contribution in [3.8, 4) is 0 Å². The minimum atomic E-state index is 1.03. The average molecular weight is 236 g/mol. The normalized spacial score (nSPS) is 15.7. The minimum absolute atomic E-state index is 1.03. The number of rotatable bonds is 2. The minimum Gasteiger partial charge on any atom is -0.278 e. The van der Waals surface area contributed by atoms with Gasteiger partial charge in [-0.3, -0.25) is 5.43 Å². The van der Waals surface area contributed by atoms with Crippen LogP contribution in [0.25, 0.3) is 0 Å². The molecule has 0 amide bonds. The van der Waals surface area contributed by atoms with Gasteiger partial charge in [0.2, 0.25) is 0 Å². The van der Waals surface area contributed by atoms with E-state index in [1.54, 1.807) is 0 Å². The first-order chi connectivity index (χ1) is 8.83. The third-order valence-corrected chi connectivity index (χ3v) is 3.33. The fourth-order valence-corrected chi connectivity index (χ4v) is 2.28. The molecule has 0 atom stereocenters. The van der Waals surface area contributed by atoms with Crippen LogP contribution in [0, 0.1) is 6.92 Å². The van der Waals surface area contributed by atoms with Crippen LogP contribution in [-0.2, 0) is 6.42 Å². The van der Waals surface area contributed by atoms with Gasteiger partial charge in [-0.15, -0.1) is 0 Å². The molecule has 1 aliphatic rings. The van der Waals surface area contributed by atoms with Crippen LogP contribution in [-0.4, -0.2) is 5.71 Å². The second kappa shape index (κ2) is 4.65. The lowest BCUT2D eigenvalue weighted by Crippen LogP contribution is -1.99. The van der Waals surface area contributed by atoms with E-state index >= 15 is 0 Å². The van der Waals surface area contributed by atoms with Crippen molar-refractivity contribution >= 4 is 11.4 Å². The van der Waals surface area contributed by atoms with Crippen molar-refractivity contribution < 1.29 is 0 Å². The van der Waals surface area contributed by atoms with Crippen LogP contribution in [0.5, 0.6) is 0 Å². The monoisotopic (exact) mass is 236 g/mol. The highest BCUT2D eigenvalue weighted by Crippen LogP contribution is 2.22. The third-order valence-electron chi connectivity index (χ3n) is 3.33. The van der Waals surface area contributed by atoms with Crippen LogP contribution in [0.4, 0.5) is 5.69 Å². The van der Waals surface area contributed by atoms with Crippen molar-refractivity contribution in [1.82, 2.24) is 0 Å². The summed E-state index contributed by atoms with van der Waals surface area (Å²) in [5.41, 5.74) is 9.30. The molecule has 2 aromatic carbocycles. The highest BCUT2D eigenvalue weighted by molar-refractivity contribution is 6.04. The second-order valence-corrected chi connectivity index (χ2v) is 4.69. The van der Waals surface area contributed by atoms with E-state index < -0.39 is 0 Å². The van der Waals surface area contributed by atoms with Gasteiger partial charge in [0.15, 0.2) is 0 Å². The molecule has 0 bridgehead atoms. The summed E-state index contributed by atoms with van der Waals surface area (Å²) >= 11 is 0. The average Bonchev–Trinajstić information content (AvgIpc) is 2.82. The van der Waals surface area contributed by atoms with E-state index in [2.05, 4.69) is 66.0 Å². The molecule has 2 aromatic rings. The van der Waals surface area contributed by atoms with Crippen LogP contribution < -0.4 is 5.43 Å². The molecule has 3 rings (SSSR count). The van der Waals surface area contributed by atoms with Crippen LogP contribution >= 0.6 is 0 Å². The summed E-state index contributed by atoms with van der Waals surface area (Å²) < 4.78 is 0. The van der Waals surface area contributed by atoms with Gasteiger partial charge < -0.3 is 0 Å². The Hall–Kier alpha value is -2.09. The van der Waals surface area contributed by atoms with Crippen LogP contribution in [0.15, 0.2) is 53.6 Å². The standard InChI is InChI=1S/C16H16N2/c1-12-6-9-14(10-7-12)17-18-16-11-8-13-4-2-3-5-15(13)16/h2-7,9-10,17H,8,11H2,1H3/b18-16-. The Bertz CT molecular complexity index is 582. The molecule has 1 aliphatic carbocycles. The van der Waals surface area contributed by atoms with Gasteiger partial charge in [-0.05, 0) is 37.5 Å². The summed E-state index contributed by atoms with van der Waals surface area (Å²) in [6.45, 7) is 2.09. The SMILES string of the molecule is Cc1ccc(N/N=C2/CCc3ccccc32)cc1. The third kappa shape index (κ3) is 2.14. The number of nitrogens with one attached hydrogen (secondary N) is 1. The van der Waals surface area contributed by atoms with Gasteiger partial charge in [-0.2, -0.15) is 5.10 Å². The van der Waals surface area contributed by atoms with Crippen molar-refractivity contribution in [3.05, 3.63) is 65.2 Å². The van der Waals surface area contributed by atoms with Crippen LogP contribution in [0.2, 0.25) is 0 Å². The first-order valence-electron chi connectivity index (χ1n) is 6.30. The number of aryl methyl sites for hydroxylation is 2. The predicted octanol–water partition coefficient (Wildman–Crippen LogP) is 3.76. The Morgan fingerprint density at radius 3 is 2.56 bits per heavy atom. The molecule has 0 heterocycles. The van der Waals surface area contributed by atoms with Gasteiger partial charge in [0.05, 0.1) is 11.4 Å². The highest BCUT2D eigenvalue weighted by atomic mass is 15.3. The van der Waals surface area contributed by atoms with E-state index in [9.17, 15) is 0 Å². The summed E-state index contributed by atoms with van der Waals surface area (Å²) in [5.74, 6) is 0. The second-order valence-electron chi connectivity index (χ2n) is 4.69. The largest absolute Gasteiger partial charge is 0.278 e. The van der Waals surface area contributed by atoms with Gasteiger partial charge in [-0.25, -0.2) is 0 Å². The van der Waals surface area contributed by atoms with E-state index in [1.807, 2.05) is 0 Å². The van der Waals surface area contributed by atoms with Gasteiger partial charge in [0, 0.05) is 5.56 Å². The summed E-state index contributed by atoms with van der Waals surface area (Å²) in [4.78, 5) is 0. The van der Waals surface area contributed by atoms with E-state index in [-0.39, 0.29) is 0 Å². The lowest BCUT2D eigenvalue weighted by atomic mass is 10.1. The Morgan fingerprint density at radius 1 is 0.944 bits per heavy atom. The van der Waals surface area contributed by atoms with E-state index in [0.717, 1.165) is 24.2 Å². The van der Waals surface area contributed by atoms with Crippen molar-refractivity contribution in [1.29, 1.82) is 0 Å². The predicted molar refractivity (Wildman–Crippen MR) is 76.1 cm³/mol. The molecule has 0 saturated carbocycles. The first kappa shape index (κ1) is 11.0. The van der Waals surface area contributed by atoms with Crippen molar-refractivity contribution in [2.24, 2.45) is 5.10 Å². The zero-order valence-electron chi connectivity index (χ0n) is 10.5. The highest BCUT2D eigenvalue weighted by Gasteiger charge is 2.16. The van der Waals surface area contributed by atoms with Crippen LogP contribution in [0.1, 0.15) is 23.1 Å². The van der Waals surface area contributed by atoms with Gasteiger partial charge in [0.1, 0.15) is 0 Å². The van der Waals surface area contributed by atoms with Crippen molar-refractivity contribution in [3.63, 3.8) is 0 Å². The van der Waals surface area contributed by atoms with Crippen molar-refractivity contribution in [2.75, 3.05) is 5.43 Å². The van der Waals surface area contributed by atoms with Gasteiger partial charge in [-0.1, -0.05) is 42.0 Å². The molecule has 0 fully saturated rings. The molecular formula is C16H16N2. The number of hydrazone groups is 1. The molecule has 0 aliphatic heterocycles. The van der Waals surface area contributed by atoms with Crippen LogP contribution in [0.3, 0.4) is 0 Å². The molecule has 2 nitrogen and oxygen atoms in total. The van der Waals surface area contributed by atoms with E-state index in [1.165, 1.54) is 16.7 Å². The summed E-state index contributed by atoms with van der Waals surface area (Å²) in [7, 11) is 0. The summed E-state index contributed by atoms with van der Waals surface area (Å²) in [5, 5.41) is 4.53. The van der Waals surface area contributed by atoms with E-state index in [0.29, 0.717) is 0 Å². The molecule has 90 valence electrons. The molecule has 1 N–H and O–H groups in total. The first-order valence-corrected chi connectivity index (χ1v) is 6.30. The number of benzene rings is 2. The maximum Gasteiger partial charge on any atom is 0.0685 e. The van der Waals surface area contributed by atoms with E-state index in [4.69, 9.17) is 0 Å². The Labute approximate surface area is 107 Å². The number of hydrogen-bond donors (Lipinski definition) is 1. The molecule has 0 unspecified atom stereocenters. The molecule has 0 saturated heterocycles. The summed E-state index contributed by atoms with van der Waals surface area (Å²) in [6.07, 6.45) is 2.13. The quantitative estimate of drug-likeness (QED) is 0.789. The topological polar surface area (TPSA) is 24.4 Å². The number of fused-ring (bicyclic) bond motifs is 1. The number of nitrogens with zero attached hydrogens (tertiary/aromatic N) is 1. The molecular weight excluding hydrogens is 220 g/mol. The molecule has 0 radical (unpaired) electrons. The smallest absolute Gasteiger partial charge is 0.0685 e. The Balaban J connectivity index is 1.80. The molecule has 18 heavy (non-hydrogen) atoms. The zero-order chi connectivity index (χ0) is 12.4. The van der Waals surface area contributed by atoms with Gasteiger partial charge >= 0.3 is 0 Å². The molecule has 0 spiro atoms. The molecule has 0 aromatic heterocycles. The Morgan fingerprint density at radius 2 is 1.72 bits per heavy atom. The fraction of sp³-hybridized carbons (Fsp3) is 0.188. The zero-order valence-corrected chi connectivity index (χ0v) is 10.5. The molecule has 2 heteroatoms. The maximum absolute atomic E-state index is 4.53. The lowest BCUT2D eigenvalue weighted by molar-refractivity contribution is 1.09. The Kier molecular flexibility index (Phi) is 2.85. The number of hydrogen-bond acceptors (Lipinski definition) is 2. The lowest BCUT2D eigenvalue weighted by Gasteiger charge is -2.03. The van der Waals surface area contributed by atoms with Crippen molar-refractivity contribution in [2.45, 2.75) is 19.8 Å². The number of anilines is 1. The van der Waals surface area contributed by atoms with Gasteiger partial charge in [0.25, 0.3) is 0 Å². The fourth-order valence-electron chi connectivity index (χ4n) is 2.28.